The Hall–Kier alpha value is -1.87. The number of nitrogens with zero attached hydrogens (tertiary/aromatic N) is 2. The predicted octanol–water partition coefficient (Wildman–Crippen LogP) is 4.47. The van der Waals surface area contributed by atoms with Crippen molar-refractivity contribution in [3.8, 4) is 0 Å². The highest BCUT2D eigenvalue weighted by atomic mass is 19.1. The van der Waals surface area contributed by atoms with Crippen molar-refractivity contribution in [2.24, 2.45) is 0 Å². The van der Waals surface area contributed by atoms with E-state index in [1.54, 1.807) is 12.1 Å². The summed E-state index contributed by atoms with van der Waals surface area (Å²) in [4.78, 5) is 5.09. The summed E-state index contributed by atoms with van der Waals surface area (Å²) in [6, 6.07) is 14.7. The average Bonchev–Trinajstić information content (AvgIpc) is 3.27. The second kappa shape index (κ2) is 5.59. The molecule has 124 valence electrons. The van der Waals surface area contributed by atoms with Crippen molar-refractivity contribution in [3.05, 3.63) is 65.0 Å². The summed E-state index contributed by atoms with van der Waals surface area (Å²) < 4.78 is 14.5. The molecule has 3 heteroatoms. The van der Waals surface area contributed by atoms with Crippen molar-refractivity contribution in [2.45, 2.75) is 37.8 Å². The van der Waals surface area contributed by atoms with Gasteiger partial charge in [0.25, 0.3) is 0 Å². The van der Waals surface area contributed by atoms with Crippen LogP contribution in [0.3, 0.4) is 0 Å². The summed E-state index contributed by atoms with van der Waals surface area (Å²) >= 11 is 0. The molecule has 0 aliphatic carbocycles. The summed E-state index contributed by atoms with van der Waals surface area (Å²) in [5, 5.41) is 0. The molecule has 0 amide bonds. The number of rotatable bonds is 2. The second-order valence-electron chi connectivity index (χ2n) is 7.33. The Bertz CT molecular complexity index is 766. The monoisotopic (exact) mass is 322 g/mol. The first-order valence-electron chi connectivity index (χ1n) is 9.20. The first-order chi connectivity index (χ1) is 11.8. The Morgan fingerprint density at radius 1 is 0.833 bits per heavy atom. The van der Waals surface area contributed by atoms with E-state index < -0.39 is 0 Å². The predicted molar refractivity (Wildman–Crippen MR) is 94.8 cm³/mol. The van der Waals surface area contributed by atoms with Gasteiger partial charge in [-0.05, 0) is 56.0 Å². The SMILES string of the molecule is Fc1ccccc1C1CC(N2CCCC2)c2cccc3c2N1CC3. The third-order valence-electron chi connectivity index (χ3n) is 6.09. The maximum absolute atomic E-state index is 14.5. The van der Waals surface area contributed by atoms with Gasteiger partial charge >= 0.3 is 0 Å². The van der Waals surface area contributed by atoms with Gasteiger partial charge in [0.05, 0.1) is 6.04 Å². The van der Waals surface area contributed by atoms with Crippen molar-refractivity contribution < 1.29 is 4.39 Å². The molecule has 3 aliphatic rings. The van der Waals surface area contributed by atoms with Crippen LogP contribution < -0.4 is 4.90 Å². The topological polar surface area (TPSA) is 6.48 Å². The molecule has 2 unspecified atom stereocenters. The largest absolute Gasteiger partial charge is 0.363 e. The lowest BCUT2D eigenvalue weighted by molar-refractivity contribution is 0.212. The molecule has 2 aromatic carbocycles. The fourth-order valence-corrected chi connectivity index (χ4v) is 5.00. The van der Waals surface area contributed by atoms with Gasteiger partial charge in [-0.1, -0.05) is 36.4 Å². The van der Waals surface area contributed by atoms with Crippen LogP contribution in [0.2, 0.25) is 0 Å². The van der Waals surface area contributed by atoms with Crippen LogP contribution >= 0.6 is 0 Å². The molecule has 3 aliphatic heterocycles. The molecule has 1 fully saturated rings. The Kier molecular flexibility index (Phi) is 3.37. The van der Waals surface area contributed by atoms with E-state index in [0.717, 1.165) is 24.9 Å². The molecular formula is C21H23FN2. The Labute approximate surface area is 142 Å². The standard InChI is InChI=1S/C21H23FN2/c22-18-9-2-1-7-16(18)20-14-19(23-11-3-4-12-23)17-8-5-6-15-10-13-24(20)21(15)17/h1-2,5-9,19-20H,3-4,10-14H2. The summed E-state index contributed by atoms with van der Waals surface area (Å²) in [7, 11) is 0. The maximum atomic E-state index is 14.5. The first kappa shape index (κ1) is 14.5. The molecular weight excluding hydrogens is 299 g/mol. The summed E-state index contributed by atoms with van der Waals surface area (Å²) in [6.07, 6.45) is 4.66. The third kappa shape index (κ3) is 2.11. The normalized spacial score (nSPS) is 26.0. The molecule has 24 heavy (non-hydrogen) atoms. The number of benzene rings is 2. The lowest BCUT2D eigenvalue weighted by Gasteiger charge is -2.43. The molecule has 0 radical (unpaired) electrons. The van der Waals surface area contributed by atoms with Crippen molar-refractivity contribution in [1.29, 1.82) is 0 Å². The highest BCUT2D eigenvalue weighted by Crippen LogP contribution is 2.50. The molecule has 0 spiro atoms. The zero-order valence-electron chi connectivity index (χ0n) is 13.9. The molecule has 2 atom stereocenters. The van der Waals surface area contributed by atoms with Crippen molar-refractivity contribution in [3.63, 3.8) is 0 Å². The van der Waals surface area contributed by atoms with Gasteiger partial charge in [-0.2, -0.15) is 0 Å². The fraction of sp³-hybridized carbons (Fsp3) is 0.429. The van der Waals surface area contributed by atoms with Gasteiger partial charge < -0.3 is 4.90 Å². The number of para-hydroxylation sites is 1. The Balaban J connectivity index is 1.63. The molecule has 0 saturated carbocycles. The molecule has 0 aromatic heterocycles. The van der Waals surface area contributed by atoms with Crippen LogP contribution in [-0.4, -0.2) is 24.5 Å². The van der Waals surface area contributed by atoms with Crippen molar-refractivity contribution in [1.82, 2.24) is 4.90 Å². The van der Waals surface area contributed by atoms with Crippen molar-refractivity contribution in [2.75, 3.05) is 24.5 Å². The molecule has 0 bridgehead atoms. The molecule has 5 rings (SSSR count). The summed E-state index contributed by atoms with van der Waals surface area (Å²) in [5.41, 5.74) is 5.18. The summed E-state index contributed by atoms with van der Waals surface area (Å²) in [5.74, 6) is -0.0597. The van der Waals surface area contributed by atoms with Gasteiger partial charge in [-0.3, -0.25) is 4.90 Å². The molecule has 2 aromatic rings. The molecule has 0 N–H and O–H groups in total. The van der Waals surface area contributed by atoms with Gasteiger partial charge in [0.2, 0.25) is 0 Å². The number of halogens is 1. The van der Waals surface area contributed by atoms with E-state index in [2.05, 4.69) is 28.0 Å². The Morgan fingerprint density at radius 2 is 1.62 bits per heavy atom. The van der Waals surface area contributed by atoms with Gasteiger partial charge in [-0.25, -0.2) is 4.39 Å². The van der Waals surface area contributed by atoms with Gasteiger partial charge in [0.1, 0.15) is 5.82 Å². The molecule has 3 heterocycles. The minimum absolute atomic E-state index is 0.0597. The van der Waals surface area contributed by atoms with E-state index in [1.807, 2.05) is 12.1 Å². The lowest BCUT2D eigenvalue weighted by Crippen LogP contribution is -2.38. The number of likely N-dealkylation sites (tertiary alicyclic amines) is 1. The quantitative estimate of drug-likeness (QED) is 0.805. The van der Waals surface area contributed by atoms with Gasteiger partial charge in [0.15, 0.2) is 0 Å². The fourth-order valence-electron chi connectivity index (χ4n) is 5.00. The Morgan fingerprint density at radius 3 is 2.46 bits per heavy atom. The van der Waals surface area contributed by atoms with Gasteiger partial charge in [0, 0.05) is 23.8 Å². The van der Waals surface area contributed by atoms with Crippen LogP contribution in [0.1, 0.15) is 48.0 Å². The highest BCUT2D eigenvalue weighted by molar-refractivity contribution is 5.67. The number of hydrogen-bond acceptors (Lipinski definition) is 2. The van der Waals surface area contributed by atoms with Crippen LogP contribution in [0.25, 0.3) is 0 Å². The molecule has 1 saturated heterocycles. The third-order valence-corrected chi connectivity index (χ3v) is 6.09. The zero-order valence-corrected chi connectivity index (χ0v) is 13.9. The lowest BCUT2D eigenvalue weighted by atomic mass is 9.86. The van der Waals surface area contributed by atoms with E-state index in [-0.39, 0.29) is 11.9 Å². The number of hydrogen-bond donors (Lipinski definition) is 0. The number of anilines is 1. The zero-order chi connectivity index (χ0) is 16.1. The highest BCUT2D eigenvalue weighted by Gasteiger charge is 2.40. The van der Waals surface area contributed by atoms with Crippen LogP contribution in [0.15, 0.2) is 42.5 Å². The average molecular weight is 322 g/mol. The minimum Gasteiger partial charge on any atom is -0.363 e. The van der Waals surface area contributed by atoms with E-state index >= 15 is 0 Å². The smallest absolute Gasteiger partial charge is 0.128 e. The van der Waals surface area contributed by atoms with E-state index in [9.17, 15) is 4.39 Å². The van der Waals surface area contributed by atoms with E-state index in [0.29, 0.717) is 6.04 Å². The van der Waals surface area contributed by atoms with Crippen LogP contribution in [0.4, 0.5) is 10.1 Å². The van der Waals surface area contributed by atoms with E-state index in [4.69, 9.17) is 0 Å². The second-order valence-corrected chi connectivity index (χ2v) is 7.33. The first-order valence-corrected chi connectivity index (χ1v) is 9.20. The minimum atomic E-state index is -0.0597. The maximum Gasteiger partial charge on any atom is 0.128 e. The van der Waals surface area contributed by atoms with Crippen LogP contribution in [0.5, 0.6) is 0 Å². The van der Waals surface area contributed by atoms with Crippen molar-refractivity contribution >= 4 is 5.69 Å². The van der Waals surface area contributed by atoms with Crippen LogP contribution in [-0.2, 0) is 6.42 Å². The van der Waals surface area contributed by atoms with E-state index in [1.165, 1.54) is 42.7 Å². The van der Waals surface area contributed by atoms with Crippen LogP contribution in [0, 0.1) is 5.82 Å². The van der Waals surface area contributed by atoms with Gasteiger partial charge in [-0.15, -0.1) is 0 Å². The molecule has 2 nitrogen and oxygen atoms in total. The summed E-state index contributed by atoms with van der Waals surface area (Å²) in [6.45, 7) is 3.37.